The monoisotopic (exact) mass is 453 g/mol. The molecule has 6 rings (SSSR count). The molecule has 4 aliphatic rings. The van der Waals surface area contributed by atoms with E-state index in [9.17, 15) is 19.5 Å². The molecule has 2 aromatic rings. The van der Waals surface area contributed by atoms with Crippen molar-refractivity contribution in [2.24, 2.45) is 0 Å². The zero-order chi connectivity index (χ0) is 20.4. The number of benzene rings is 1. The highest BCUT2D eigenvalue weighted by atomic mass is 35.5. The molecular formula is C21H25ClFN3O5. The summed E-state index contributed by atoms with van der Waals surface area (Å²) in [6.45, 7) is 5.16. The third kappa shape index (κ3) is 3.40. The SMILES string of the molecule is CC1CC(=O)c2c(N3CCN4CCC3CC4)c(F)cc3c(=O)c(C(=O)O)cn1c23.Cl.O. The number of piperidine rings is 1. The summed E-state index contributed by atoms with van der Waals surface area (Å²) in [6, 6.07) is 0.978. The second-order valence-corrected chi connectivity index (χ2v) is 8.31. The van der Waals surface area contributed by atoms with Gasteiger partial charge in [-0.3, -0.25) is 9.59 Å². The molecular weight excluding hydrogens is 429 g/mol. The number of aromatic carboxylic acids is 1. The molecule has 2 bridgehead atoms. The summed E-state index contributed by atoms with van der Waals surface area (Å²) in [5.74, 6) is -2.17. The summed E-state index contributed by atoms with van der Waals surface area (Å²) in [4.78, 5) is 41.7. The number of Topliss-reactive ketones (excluding diaryl/α,β-unsaturated/α-hetero) is 1. The lowest BCUT2D eigenvalue weighted by Gasteiger charge is -2.36. The molecule has 8 nitrogen and oxygen atoms in total. The highest BCUT2D eigenvalue weighted by molar-refractivity contribution is 6.13. The van der Waals surface area contributed by atoms with E-state index >= 15 is 4.39 Å². The van der Waals surface area contributed by atoms with E-state index < -0.39 is 22.8 Å². The maximum absolute atomic E-state index is 15.4. The fourth-order valence-corrected chi connectivity index (χ4v) is 5.17. The van der Waals surface area contributed by atoms with E-state index in [4.69, 9.17) is 0 Å². The van der Waals surface area contributed by atoms with Crippen LogP contribution in [0.25, 0.3) is 10.9 Å². The van der Waals surface area contributed by atoms with Gasteiger partial charge >= 0.3 is 5.97 Å². The van der Waals surface area contributed by atoms with Crippen molar-refractivity contribution in [2.75, 3.05) is 31.1 Å². The fraction of sp³-hybridized carbons (Fsp3) is 0.476. The molecule has 1 aromatic carbocycles. The maximum atomic E-state index is 15.4. The lowest BCUT2D eigenvalue weighted by atomic mass is 9.91. The van der Waals surface area contributed by atoms with Crippen molar-refractivity contribution in [3.8, 4) is 0 Å². The number of hydrogen-bond acceptors (Lipinski definition) is 5. The number of carbonyl (C=O) groups is 2. The second kappa shape index (κ2) is 8.22. The van der Waals surface area contributed by atoms with E-state index in [0.717, 1.165) is 38.5 Å². The van der Waals surface area contributed by atoms with Crippen LogP contribution in [0.15, 0.2) is 17.1 Å². The molecule has 0 radical (unpaired) electrons. The molecule has 3 fully saturated rings. The third-order valence-electron chi connectivity index (χ3n) is 6.65. The Labute approximate surface area is 184 Å². The average Bonchev–Trinajstić information content (AvgIpc) is 3.00. The van der Waals surface area contributed by atoms with Crippen LogP contribution in [0.1, 0.15) is 52.9 Å². The van der Waals surface area contributed by atoms with Crippen LogP contribution >= 0.6 is 12.4 Å². The number of hydrogen-bond donors (Lipinski definition) is 1. The van der Waals surface area contributed by atoms with Crippen molar-refractivity contribution in [3.05, 3.63) is 39.4 Å². The number of anilines is 1. The van der Waals surface area contributed by atoms with Crippen LogP contribution < -0.4 is 10.3 Å². The number of carboxylic acid groups (broad SMARTS) is 1. The van der Waals surface area contributed by atoms with Crippen LogP contribution in [0.3, 0.4) is 0 Å². The van der Waals surface area contributed by atoms with E-state index in [0.29, 0.717) is 12.1 Å². The Kier molecular flexibility index (Phi) is 6.14. The van der Waals surface area contributed by atoms with Crippen LogP contribution in [0.4, 0.5) is 10.1 Å². The number of carboxylic acids is 1. The van der Waals surface area contributed by atoms with Gasteiger partial charge in [0.15, 0.2) is 5.78 Å². The molecule has 31 heavy (non-hydrogen) atoms. The third-order valence-corrected chi connectivity index (χ3v) is 6.65. The highest BCUT2D eigenvalue weighted by Gasteiger charge is 2.37. The largest absolute Gasteiger partial charge is 0.477 e. The number of pyridine rings is 1. The van der Waals surface area contributed by atoms with Gasteiger partial charge in [0.1, 0.15) is 11.4 Å². The minimum atomic E-state index is -1.35. The number of nitrogens with zero attached hydrogens (tertiary/aromatic N) is 3. The van der Waals surface area contributed by atoms with Crippen LogP contribution in [0.2, 0.25) is 0 Å². The molecule has 4 aliphatic heterocycles. The Morgan fingerprint density at radius 1 is 1.16 bits per heavy atom. The molecule has 168 valence electrons. The number of ketones is 1. The quantitative estimate of drug-likeness (QED) is 0.742. The van der Waals surface area contributed by atoms with Gasteiger partial charge in [0.05, 0.1) is 22.2 Å². The first kappa shape index (κ1) is 23.2. The number of aromatic nitrogens is 1. The zero-order valence-corrected chi connectivity index (χ0v) is 17.9. The number of carbonyl (C=O) groups excluding carboxylic acids is 1. The molecule has 0 aliphatic carbocycles. The van der Waals surface area contributed by atoms with Crippen molar-refractivity contribution in [2.45, 2.75) is 38.3 Å². The van der Waals surface area contributed by atoms with Crippen molar-refractivity contribution < 1.29 is 24.6 Å². The molecule has 1 atom stereocenters. The van der Waals surface area contributed by atoms with Crippen molar-refractivity contribution >= 4 is 40.7 Å². The summed E-state index contributed by atoms with van der Waals surface area (Å²) in [5, 5.41) is 9.38. The average molecular weight is 454 g/mol. The van der Waals surface area contributed by atoms with Gasteiger partial charge in [-0.1, -0.05) is 0 Å². The number of halogens is 2. The Bertz CT molecular complexity index is 1130. The topological polar surface area (TPSA) is 114 Å². The molecule has 3 N–H and O–H groups in total. The van der Waals surface area contributed by atoms with Crippen molar-refractivity contribution in [3.63, 3.8) is 0 Å². The first-order valence-electron chi connectivity index (χ1n) is 10.0. The van der Waals surface area contributed by atoms with Crippen LogP contribution in [-0.2, 0) is 0 Å². The maximum Gasteiger partial charge on any atom is 0.341 e. The van der Waals surface area contributed by atoms with Gasteiger partial charge in [0.25, 0.3) is 0 Å². The number of fused-ring (bicyclic) bond motifs is 4. The smallest absolute Gasteiger partial charge is 0.341 e. The molecule has 0 saturated carbocycles. The summed E-state index contributed by atoms with van der Waals surface area (Å²) in [7, 11) is 0. The van der Waals surface area contributed by atoms with Crippen LogP contribution in [0.5, 0.6) is 0 Å². The fourth-order valence-electron chi connectivity index (χ4n) is 5.17. The van der Waals surface area contributed by atoms with Gasteiger partial charge in [-0.05, 0) is 25.8 Å². The summed E-state index contributed by atoms with van der Waals surface area (Å²) in [5.41, 5.74) is -0.288. The van der Waals surface area contributed by atoms with Crippen LogP contribution in [-0.4, -0.2) is 64.0 Å². The Hall–Kier alpha value is -2.49. The van der Waals surface area contributed by atoms with Crippen molar-refractivity contribution in [1.29, 1.82) is 0 Å². The molecule has 0 amide bonds. The molecule has 1 aromatic heterocycles. The van der Waals surface area contributed by atoms with E-state index in [1.54, 1.807) is 11.5 Å². The lowest BCUT2D eigenvalue weighted by molar-refractivity contribution is 0.0694. The summed E-state index contributed by atoms with van der Waals surface area (Å²) in [6.07, 6.45) is 3.26. The van der Waals surface area contributed by atoms with Gasteiger partial charge in [0.2, 0.25) is 5.43 Å². The standard InChI is InChI=1S/C21H22FN3O4.ClH.H2O/c1-11-8-16(26)17-18-13(20(27)14(21(28)29)10-25(11)18)9-15(22)19(17)24-7-6-23-4-2-12(24)3-5-23;;/h9-12H,2-8H2,1H3,(H,28,29);1H;1H2. The lowest BCUT2D eigenvalue weighted by Crippen LogP contribution is -2.40. The van der Waals surface area contributed by atoms with E-state index in [2.05, 4.69) is 4.90 Å². The second-order valence-electron chi connectivity index (χ2n) is 8.31. The van der Waals surface area contributed by atoms with Gasteiger partial charge < -0.3 is 24.9 Å². The van der Waals surface area contributed by atoms with Gasteiger partial charge in [-0.15, -0.1) is 12.4 Å². The molecule has 0 spiro atoms. The predicted octanol–water partition coefficient (Wildman–Crippen LogP) is 1.87. The molecule has 1 unspecified atom stereocenters. The van der Waals surface area contributed by atoms with E-state index in [1.807, 2.05) is 4.90 Å². The zero-order valence-electron chi connectivity index (χ0n) is 17.1. The predicted molar refractivity (Wildman–Crippen MR) is 116 cm³/mol. The van der Waals surface area contributed by atoms with Gasteiger partial charge in [-0.2, -0.15) is 0 Å². The normalized spacial score (nSPS) is 24.4. The minimum Gasteiger partial charge on any atom is -0.477 e. The van der Waals surface area contributed by atoms with E-state index in [-0.39, 0.29) is 58.8 Å². The molecule has 10 heteroatoms. The Balaban J connectivity index is 0.00000136. The number of rotatable bonds is 2. The van der Waals surface area contributed by atoms with Gasteiger partial charge in [-0.25, -0.2) is 9.18 Å². The highest BCUT2D eigenvalue weighted by Crippen LogP contribution is 2.40. The first-order chi connectivity index (χ1) is 13.9. The Morgan fingerprint density at radius 3 is 2.48 bits per heavy atom. The van der Waals surface area contributed by atoms with E-state index in [1.165, 1.54) is 6.20 Å². The summed E-state index contributed by atoms with van der Waals surface area (Å²) < 4.78 is 17.1. The van der Waals surface area contributed by atoms with Crippen molar-refractivity contribution in [1.82, 2.24) is 9.47 Å². The Morgan fingerprint density at radius 2 is 1.84 bits per heavy atom. The van der Waals surface area contributed by atoms with Crippen LogP contribution in [0, 0.1) is 5.82 Å². The molecule has 5 heterocycles. The summed E-state index contributed by atoms with van der Waals surface area (Å²) >= 11 is 0. The van der Waals surface area contributed by atoms with Gasteiger partial charge in [0, 0.05) is 50.9 Å². The first-order valence-corrected chi connectivity index (χ1v) is 10.0. The molecule has 3 saturated heterocycles. The minimum absolute atomic E-state index is 0.